The van der Waals surface area contributed by atoms with Crippen LogP contribution in [0.15, 0.2) is 11.1 Å². The van der Waals surface area contributed by atoms with Crippen LogP contribution in [-0.4, -0.2) is 5.78 Å². The fourth-order valence-electron chi connectivity index (χ4n) is 0. The van der Waals surface area contributed by atoms with Crippen LogP contribution in [0.2, 0.25) is 0 Å². The zero-order chi connectivity index (χ0) is 8.73. The lowest BCUT2D eigenvalue weighted by Crippen LogP contribution is -1.69. The number of Topliss-reactive ketones (excluding diaryl/α,β-unsaturated/α-hetero) is 1. The summed E-state index contributed by atoms with van der Waals surface area (Å²) in [6.45, 7) is 11.5. The van der Waals surface area contributed by atoms with Crippen molar-refractivity contribution in [1.29, 1.82) is 0 Å². The van der Waals surface area contributed by atoms with Gasteiger partial charge in [0.2, 0.25) is 0 Å². The van der Waals surface area contributed by atoms with Gasteiger partial charge in [0, 0.05) is 0 Å². The topological polar surface area (TPSA) is 17.1 Å². The Morgan fingerprint density at radius 2 is 0.750 bits per heavy atom. The van der Waals surface area contributed by atoms with Crippen LogP contribution in [0.25, 0.3) is 0 Å². The van der Waals surface area contributed by atoms with Crippen molar-refractivity contribution >= 4 is 5.78 Å². The Morgan fingerprint density at radius 1 is 0.667 bits per heavy atom. The highest BCUT2D eigenvalue weighted by Gasteiger charge is 1.75. The van der Waals surface area contributed by atoms with Gasteiger partial charge in [-0.3, -0.25) is 0 Å². The largest absolute Gasteiger partial charge is 0.300 e. The smallest absolute Gasteiger partial charge is 0.126 e. The number of allylic oxidation sites excluding steroid dienone is 2. The third kappa shape index (κ3) is 57.2. The number of rotatable bonds is 0. The summed E-state index contributed by atoms with van der Waals surface area (Å²) in [6, 6.07) is 0. The zero-order valence-corrected chi connectivity index (χ0v) is 7.91. The van der Waals surface area contributed by atoms with Crippen LogP contribution in [0.5, 0.6) is 0 Å². The van der Waals surface area contributed by atoms with Crippen LogP contribution in [0.1, 0.15) is 56.4 Å². The van der Waals surface area contributed by atoms with Gasteiger partial charge in [0.05, 0.1) is 0 Å². The van der Waals surface area contributed by atoms with E-state index in [-0.39, 0.29) is 20.6 Å². The first-order valence-corrected chi connectivity index (χ1v) is 3.45. The lowest BCUT2D eigenvalue weighted by molar-refractivity contribution is -0.114. The molecule has 0 rings (SSSR count). The van der Waals surface area contributed by atoms with Crippen molar-refractivity contribution in [2.75, 3.05) is 0 Å². The van der Waals surface area contributed by atoms with Crippen LogP contribution in [0.3, 0.4) is 0 Å². The quantitative estimate of drug-likeness (QED) is 0.502. The van der Waals surface area contributed by atoms with Crippen molar-refractivity contribution in [3.8, 4) is 0 Å². The summed E-state index contributed by atoms with van der Waals surface area (Å²) in [4.78, 5) is 9.44. The van der Waals surface area contributed by atoms with Gasteiger partial charge in [0.15, 0.2) is 0 Å². The van der Waals surface area contributed by atoms with Crippen LogP contribution < -0.4 is 0 Å². The third-order valence-corrected chi connectivity index (χ3v) is 1.00. The van der Waals surface area contributed by atoms with Crippen molar-refractivity contribution in [2.45, 2.75) is 56.4 Å². The van der Waals surface area contributed by atoms with Gasteiger partial charge in [-0.25, -0.2) is 0 Å². The Hall–Kier alpha value is -0.590. The number of hydrogen-bond donors (Lipinski definition) is 0. The van der Waals surface area contributed by atoms with Gasteiger partial charge in [0.25, 0.3) is 0 Å². The molecule has 1 heteroatoms. The molecule has 0 heterocycles. The van der Waals surface area contributed by atoms with Gasteiger partial charge < -0.3 is 4.79 Å². The highest BCUT2D eigenvalue weighted by atomic mass is 16.1. The molecule has 0 atom stereocenters. The van der Waals surface area contributed by atoms with E-state index in [4.69, 9.17) is 0 Å². The van der Waals surface area contributed by atoms with E-state index in [0.29, 0.717) is 0 Å². The van der Waals surface area contributed by atoms with Crippen LogP contribution >= 0.6 is 0 Å². The summed E-state index contributed by atoms with van der Waals surface area (Å²) in [5.74, 6) is 0.167. The molecule has 0 saturated heterocycles. The lowest BCUT2D eigenvalue weighted by Gasteiger charge is -1.88. The minimum atomic E-state index is 0. The van der Waals surface area contributed by atoms with Crippen molar-refractivity contribution < 1.29 is 4.79 Å². The maximum atomic E-state index is 9.44. The second-order valence-corrected chi connectivity index (χ2v) is 2.91. The van der Waals surface area contributed by atoms with E-state index in [1.54, 1.807) is 0 Å². The van der Waals surface area contributed by atoms with Crippen LogP contribution in [0.4, 0.5) is 0 Å². The van der Waals surface area contributed by atoms with Crippen molar-refractivity contribution in [3.05, 3.63) is 11.1 Å². The van der Waals surface area contributed by atoms with E-state index in [1.165, 1.54) is 25.0 Å². The molecule has 0 amide bonds. The molecule has 0 N–H and O–H groups in total. The number of carbonyl (C=O) groups excluding carboxylic acids is 1. The molecular weight excluding hydrogens is 148 g/mol. The molecule has 12 heavy (non-hydrogen) atoms. The Bertz CT molecular complexity index is 110. The normalized spacial score (nSPS) is 6.17. The first-order chi connectivity index (χ1) is 4.37. The molecule has 0 radical (unpaired) electrons. The summed E-state index contributed by atoms with van der Waals surface area (Å²) in [7, 11) is 0. The van der Waals surface area contributed by atoms with E-state index in [0.717, 1.165) is 0 Å². The molecule has 0 aliphatic carbocycles. The van der Waals surface area contributed by atoms with Gasteiger partial charge >= 0.3 is 0 Å². The van der Waals surface area contributed by atoms with Crippen molar-refractivity contribution in [2.24, 2.45) is 0 Å². The lowest BCUT2D eigenvalue weighted by atomic mass is 10.2. The number of hydrogen-bond acceptors (Lipinski definition) is 1. The average molecular weight is 174 g/mol. The molecule has 76 valence electrons. The Morgan fingerprint density at radius 3 is 0.750 bits per heavy atom. The Balaban J connectivity index is -0.0000000483. The minimum Gasteiger partial charge on any atom is -0.300 e. The molecular formula is C11H26O. The van der Waals surface area contributed by atoms with E-state index < -0.39 is 0 Å². The van der Waals surface area contributed by atoms with Crippen molar-refractivity contribution in [3.63, 3.8) is 0 Å². The molecule has 0 aliphatic rings. The molecule has 0 saturated carbocycles. The number of ketones is 1. The summed E-state index contributed by atoms with van der Waals surface area (Å²) in [5.41, 5.74) is 2.85. The Labute approximate surface area is 78.9 Å². The molecule has 0 spiro atoms. The van der Waals surface area contributed by atoms with Crippen LogP contribution in [-0.2, 0) is 4.79 Å². The van der Waals surface area contributed by atoms with Gasteiger partial charge in [0.1, 0.15) is 5.78 Å². The third-order valence-electron chi connectivity index (χ3n) is 1.00. The first-order valence-electron chi connectivity index (χ1n) is 3.45. The second-order valence-electron chi connectivity index (χ2n) is 2.91. The SMILES string of the molecule is C.C.CC(C)=C(C)C.CC(C)=O. The minimum absolute atomic E-state index is 0. The van der Waals surface area contributed by atoms with Gasteiger partial charge in [-0.2, -0.15) is 0 Å². The van der Waals surface area contributed by atoms with E-state index in [2.05, 4.69) is 27.7 Å². The number of carbonyl (C=O) groups is 1. The van der Waals surface area contributed by atoms with Crippen molar-refractivity contribution in [1.82, 2.24) is 0 Å². The van der Waals surface area contributed by atoms with E-state index in [1.807, 2.05) is 0 Å². The summed E-state index contributed by atoms with van der Waals surface area (Å²) >= 11 is 0. The van der Waals surface area contributed by atoms with E-state index >= 15 is 0 Å². The maximum absolute atomic E-state index is 9.44. The Kier molecular flexibility index (Phi) is 24.5. The second kappa shape index (κ2) is 13.0. The predicted molar refractivity (Wildman–Crippen MR) is 59.5 cm³/mol. The monoisotopic (exact) mass is 174 g/mol. The molecule has 1 nitrogen and oxygen atoms in total. The maximum Gasteiger partial charge on any atom is 0.126 e. The molecule has 0 aliphatic heterocycles. The standard InChI is InChI=1S/C6H12.C3H6O.2CH4/c1-5(2)6(3)4;1-3(2)4;;/h1-4H3;1-2H3;2*1H4. The van der Waals surface area contributed by atoms with Crippen LogP contribution in [0, 0.1) is 0 Å². The molecule has 0 bridgehead atoms. The summed E-state index contributed by atoms with van der Waals surface area (Å²) < 4.78 is 0. The molecule has 0 fully saturated rings. The molecule has 0 unspecified atom stereocenters. The molecule has 0 aromatic carbocycles. The van der Waals surface area contributed by atoms with Gasteiger partial charge in [-0.05, 0) is 41.5 Å². The van der Waals surface area contributed by atoms with E-state index in [9.17, 15) is 4.79 Å². The fraction of sp³-hybridized carbons (Fsp3) is 0.727. The highest BCUT2D eigenvalue weighted by Crippen LogP contribution is 1.96. The average Bonchev–Trinajstić information content (AvgIpc) is 1.63. The first kappa shape index (κ1) is 22.5. The summed E-state index contributed by atoms with van der Waals surface area (Å²) in [6.07, 6.45) is 0. The van der Waals surface area contributed by atoms with Gasteiger partial charge in [-0.1, -0.05) is 26.0 Å². The highest BCUT2D eigenvalue weighted by molar-refractivity contribution is 5.72. The summed E-state index contributed by atoms with van der Waals surface area (Å²) in [5, 5.41) is 0. The molecule has 0 aromatic heterocycles. The fourth-order valence-corrected chi connectivity index (χ4v) is 0. The zero-order valence-electron chi connectivity index (χ0n) is 7.91. The predicted octanol–water partition coefficient (Wildman–Crippen LogP) is 4.23. The van der Waals surface area contributed by atoms with Gasteiger partial charge in [-0.15, -0.1) is 0 Å². The molecule has 0 aromatic rings.